The number of hydrogen-bond donors (Lipinski definition) is 1. The number of pyridine rings is 1. The maximum absolute atomic E-state index is 13.4. The van der Waals surface area contributed by atoms with E-state index in [4.69, 9.17) is 0 Å². The highest BCUT2D eigenvalue weighted by Crippen LogP contribution is 2.27. The molecule has 0 unspecified atom stereocenters. The molecule has 4 rings (SSSR count). The summed E-state index contributed by atoms with van der Waals surface area (Å²) in [7, 11) is 0. The van der Waals surface area contributed by atoms with Crippen LogP contribution in [0.25, 0.3) is 5.82 Å². The van der Waals surface area contributed by atoms with E-state index in [2.05, 4.69) is 15.4 Å². The highest BCUT2D eigenvalue weighted by molar-refractivity contribution is 5.87. The largest absolute Gasteiger partial charge is 0.349 e. The van der Waals surface area contributed by atoms with E-state index in [-0.39, 0.29) is 17.9 Å². The van der Waals surface area contributed by atoms with Crippen LogP contribution in [0, 0.1) is 6.92 Å². The zero-order chi connectivity index (χ0) is 20.9. The summed E-state index contributed by atoms with van der Waals surface area (Å²) < 4.78 is 1.80. The first-order valence-electron chi connectivity index (χ1n) is 10.0. The van der Waals surface area contributed by atoms with Crippen molar-refractivity contribution in [3.8, 4) is 5.82 Å². The normalized spacial score (nSPS) is 12.0. The van der Waals surface area contributed by atoms with Gasteiger partial charge in [0.25, 0.3) is 0 Å². The Labute approximate surface area is 176 Å². The summed E-state index contributed by atoms with van der Waals surface area (Å²) in [4.78, 5) is 17.7. The lowest BCUT2D eigenvalue weighted by Gasteiger charge is -2.21. The summed E-state index contributed by atoms with van der Waals surface area (Å²) in [5, 5.41) is 7.66. The Bertz CT molecular complexity index is 1070. The Balaban J connectivity index is 1.60. The first-order chi connectivity index (χ1) is 14.6. The number of nitrogens with zero attached hydrogens (tertiary/aromatic N) is 3. The summed E-state index contributed by atoms with van der Waals surface area (Å²) in [6.45, 7) is 3.98. The average molecular weight is 396 g/mol. The van der Waals surface area contributed by atoms with Gasteiger partial charge in [0.05, 0.1) is 18.2 Å². The van der Waals surface area contributed by atoms with Crippen LogP contribution < -0.4 is 5.32 Å². The zero-order valence-electron chi connectivity index (χ0n) is 17.1. The number of carbonyl (C=O) groups is 1. The SMILES string of the molecule is Cc1c([C@H](C)NC(=O)C(c2ccccc2)c2ccccc2)cnn1-c1ccccn1. The highest BCUT2D eigenvalue weighted by atomic mass is 16.1. The van der Waals surface area contributed by atoms with Crippen molar-refractivity contribution in [3.63, 3.8) is 0 Å². The van der Waals surface area contributed by atoms with Crippen molar-refractivity contribution < 1.29 is 4.79 Å². The molecule has 30 heavy (non-hydrogen) atoms. The predicted octanol–water partition coefficient (Wildman–Crippen LogP) is 4.59. The van der Waals surface area contributed by atoms with Gasteiger partial charge >= 0.3 is 0 Å². The smallest absolute Gasteiger partial charge is 0.232 e. The third-order valence-electron chi connectivity index (χ3n) is 5.27. The lowest BCUT2D eigenvalue weighted by atomic mass is 9.90. The van der Waals surface area contributed by atoms with Gasteiger partial charge in [0.1, 0.15) is 0 Å². The van der Waals surface area contributed by atoms with Gasteiger partial charge in [-0.05, 0) is 37.1 Å². The Morgan fingerprint density at radius 1 is 0.900 bits per heavy atom. The second-order valence-electron chi connectivity index (χ2n) is 7.27. The number of nitrogens with one attached hydrogen (secondary N) is 1. The van der Waals surface area contributed by atoms with Crippen LogP contribution in [0.5, 0.6) is 0 Å². The molecule has 0 aliphatic carbocycles. The fourth-order valence-corrected chi connectivity index (χ4v) is 3.72. The van der Waals surface area contributed by atoms with Crippen LogP contribution in [0.3, 0.4) is 0 Å². The Morgan fingerprint density at radius 3 is 2.07 bits per heavy atom. The van der Waals surface area contributed by atoms with Gasteiger partial charge in [0.2, 0.25) is 5.91 Å². The first-order valence-corrected chi connectivity index (χ1v) is 10.0. The molecule has 2 aromatic carbocycles. The van der Waals surface area contributed by atoms with Crippen LogP contribution in [0.15, 0.2) is 91.3 Å². The highest BCUT2D eigenvalue weighted by Gasteiger charge is 2.25. The van der Waals surface area contributed by atoms with Gasteiger partial charge < -0.3 is 5.32 Å². The van der Waals surface area contributed by atoms with Gasteiger partial charge in [0, 0.05) is 17.5 Å². The zero-order valence-corrected chi connectivity index (χ0v) is 17.1. The van der Waals surface area contributed by atoms with E-state index in [9.17, 15) is 4.79 Å². The number of rotatable bonds is 6. The molecule has 5 heteroatoms. The Kier molecular flexibility index (Phi) is 5.70. The van der Waals surface area contributed by atoms with Crippen LogP contribution in [0.4, 0.5) is 0 Å². The third-order valence-corrected chi connectivity index (χ3v) is 5.27. The molecule has 150 valence electrons. The Morgan fingerprint density at radius 2 is 1.50 bits per heavy atom. The van der Waals surface area contributed by atoms with Crippen LogP contribution in [0.1, 0.15) is 41.3 Å². The van der Waals surface area contributed by atoms with Crippen molar-refractivity contribution in [2.24, 2.45) is 0 Å². The maximum atomic E-state index is 13.4. The molecular weight excluding hydrogens is 372 g/mol. The van der Waals surface area contributed by atoms with Crippen molar-refractivity contribution >= 4 is 5.91 Å². The summed E-state index contributed by atoms with van der Waals surface area (Å²) in [5.41, 5.74) is 3.86. The van der Waals surface area contributed by atoms with E-state index in [0.717, 1.165) is 28.2 Å². The molecule has 0 bridgehead atoms. The summed E-state index contributed by atoms with van der Waals surface area (Å²) >= 11 is 0. The number of carbonyl (C=O) groups excluding carboxylic acids is 1. The summed E-state index contributed by atoms with van der Waals surface area (Å²) in [6.07, 6.45) is 3.54. The van der Waals surface area contributed by atoms with Crippen LogP contribution in [0.2, 0.25) is 0 Å². The van der Waals surface area contributed by atoms with Gasteiger partial charge in [-0.15, -0.1) is 0 Å². The molecule has 0 fully saturated rings. The predicted molar refractivity (Wildman–Crippen MR) is 117 cm³/mol. The molecule has 5 nitrogen and oxygen atoms in total. The Hall–Kier alpha value is -3.73. The topological polar surface area (TPSA) is 59.8 Å². The minimum atomic E-state index is -0.374. The van der Waals surface area contributed by atoms with E-state index in [0.29, 0.717) is 0 Å². The maximum Gasteiger partial charge on any atom is 0.232 e. The van der Waals surface area contributed by atoms with Crippen molar-refractivity contribution in [1.29, 1.82) is 0 Å². The van der Waals surface area contributed by atoms with E-state index in [1.807, 2.05) is 92.7 Å². The first kappa shape index (κ1) is 19.6. The summed E-state index contributed by atoms with van der Waals surface area (Å²) in [5.74, 6) is 0.345. The lowest BCUT2D eigenvalue weighted by molar-refractivity contribution is -0.122. The van der Waals surface area contributed by atoms with Crippen molar-refractivity contribution in [2.75, 3.05) is 0 Å². The third kappa shape index (κ3) is 4.01. The quantitative estimate of drug-likeness (QED) is 0.519. The van der Waals surface area contributed by atoms with Crippen molar-refractivity contribution in [3.05, 3.63) is 114 Å². The molecule has 0 spiro atoms. The number of benzene rings is 2. The van der Waals surface area contributed by atoms with Crippen LogP contribution in [-0.4, -0.2) is 20.7 Å². The molecule has 0 aliphatic rings. The number of aromatic nitrogens is 3. The van der Waals surface area contributed by atoms with Gasteiger partial charge in [-0.25, -0.2) is 9.67 Å². The molecule has 2 heterocycles. The molecular formula is C25H24N4O. The van der Waals surface area contributed by atoms with Crippen LogP contribution in [-0.2, 0) is 4.79 Å². The molecule has 1 atom stereocenters. The van der Waals surface area contributed by atoms with Crippen LogP contribution >= 0.6 is 0 Å². The van der Waals surface area contributed by atoms with Gasteiger partial charge in [-0.1, -0.05) is 66.7 Å². The molecule has 0 radical (unpaired) electrons. The molecule has 1 N–H and O–H groups in total. The minimum Gasteiger partial charge on any atom is -0.349 e. The van der Waals surface area contributed by atoms with E-state index in [1.165, 1.54) is 0 Å². The van der Waals surface area contributed by atoms with E-state index >= 15 is 0 Å². The molecule has 0 saturated heterocycles. The second kappa shape index (κ2) is 8.74. The molecule has 0 saturated carbocycles. The number of hydrogen-bond acceptors (Lipinski definition) is 3. The molecule has 1 amide bonds. The fourth-order valence-electron chi connectivity index (χ4n) is 3.72. The standard InChI is InChI=1S/C25H24N4O/c1-18(22-17-27-29(19(22)2)23-15-9-10-16-26-23)28-25(30)24(20-11-5-3-6-12-20)21-13-7-4-8-14-21/h3-18,24H,1-2H3,(H,28,30)/t18-/m0/s1. The molecule has 4 aromatic rings. The summed E-state index contributed by atoms with van der Waals surface area (Å²) in [6, 6.07) is 25.3. The van der Waals surface area contributed by atoms with Gasteiger partial charge in [0.15, 0.2) is 5.82 Å². The van der Waals surface area contributed by atoms with E-state index < -0.39 is 0 Å². The lowest BCUT2D eigenvalue weighted by Crippen LogP contribution is -2.32. The van der Waals surface area contributed by atoms with Crippen molar-refractivity contribution in [2.45, 2.75) is 25.8 Å². The van der Waals surface area contributed by atoms with Gasteiger partial charge in [-0.2, -0.15) is 5.10 Å². The van der Waals surface area contributed by atoms with E-state index in [1.54, 1.807) is 17.1 Å². The second-order valence-corrected chi connectivity index (χ2v) is 7.27. The minimum absolute atomic E-state index is 0.0371. The van der Waals surface area contributed by atoms with Gasteiger partial charge in [-0.3, -0.25) is 4.79 Å². The molecule has 2 aromatic heterocycles. The molecule has 0 aliphatic heterocycles. The average Bonchev–Trinajstić information content (AvgIpc) is 3.17. The monoisotopic (exact) mass is 396 g/mol. The number of amides is 1. The fraction of sp³-hybridized carbons (Fsp3) is 0.160. The van der Waals surface area contributed by atoms with Crippen molar-refractivity contribution in [1.82, 2.24) is 20.1 Å².